The average Bonchev–Trinajstić information content (AvgIpc) is 3.09. The molecule has 4 rings (SSSR count). The number of hydrogen-bond acceptors (Lipinski definition) is 4. The van der Waals surface area contributed by atoms with Gasteiger partial charge < -0.3 is 14.5 Å². The molecule has 0 unspecified atom stereocenters. The normalized spacial score (nSPS) is 12.6. The van der Waals surface area contributed by atoms with Crippen molar-refractivity contribution in [1.82, 2.24) is 15.8 Å². The van der Waals surface area contributed by atoms with Crippen molar-refractivity contribution < 1.29 is 19.1 Å². The number of amides is 2. The number of benzene rings is 2. The second-order valence-electron chi connectivity index (χ2n) is 6.29. The number of aromatic amines is 1. The standard InChI is InChI=1S/C20H19N3O4/c24-19(10-13-5-6-17-18(9-13)27-8-7-26-17)22-23-20(25)11-14-12-21-16-4-2-1-3-15(14)16/h1-6,9,12,21H,7-8,10-11H2,(H,22,24)(H,23,25). The molecule has 0 aliphatic carbocycles. The number of fused-ring (bicyclic) bond motifs is 2. The van der Waals surface area contributed by atoms with Gasteiger partial charge in [-0.25, -0.2) is 0 Å². The Hall–Kier alpha value is -3.48. The summed E-state index contributed by atoms with van der Waals surface area (Å²) in [6.07, 6.45) is 2.11. The maximum Gasteiger partial charge on any atom is 0.242 e. The van der Waals surface area contributed by atoms with Crippen LogP contribution in [0.1, 0.15) is 11.1 Å². The molecule has 1 aliphatic heterocycles. The summed E-state index contributed by atoms with van der Waals surface area (Å²) in [4.78, 5) is 27.3. The van der Waals surface area contributed by atoms with Crippen molar-refractivity contribution in [2.24, 2.45) is 0 Å². The van der Waals surface area contributed by atoms with Gasteiger partial charge in [0.1, 0.15) is 13.2 Å². The van der Waals surface area contributed by atoms with Crippen LogP contribution in [0.4, 0.5) is 0 Å². The molecule has 7 nitrogen and oxygen atoms in total. The Morgan fingerprint density at radius 3 is 2.52 bits per heavy atom. The number of aromatic nitrogens is 1. The highest BCUT2D eigenvalue weighted by Crippen LogP contribution is 2.30. The van der Waals surface area contributed by atoms with Crippen LogP contribution in [0.3, 0.4) is 0 Å². The van der Waals surface area contributed by atoms with Crippen LogP contribution in [-0.4, -0.2) is 30.0 Å². The zero-order valence-electron chi connectivity index (χ0n) is 14.6. The van der Waals surface area contributed by atoms with E-state index in [-0.39, 0.29) is 24.7 Å². The molecule has 0 saturated carbocycles. The van der Waals surface area contributed by atoms with E-state index in [0.717, 1.165) is 22.0 Å². The van der Waals surface area contributed by atoms with Gasteiger partial charge in [-0.3, -0.25) is 20.4 Å². The lowest BCUT2D eigenvalue weighted by molar-refractivity contribution is -0.128. The molecule has 1 aliphatic rings. The maximum absolute atomic E-state index is 12.1. The number of H-pyrrole nitrogens is 1. The highest BCUT2D eigenvalue weighted by atomic mass is 16.6. The van der Waals surface area contributed by atoms with Crippen LogP contribution in [0.15, 0.2) is 48.7 Å². The molecule has 0 spiro atoms. The highest BCUT2D eigenvalue weighted by molar-refractivity contribution is 5.90. The molecule has 1 aromatic heterocycles. The first kappa shape index (κ1) is 17.0. The Morgan fingerprint density at radius 2 is 1.67 bits per heavy atom. The van der Waals surface area contributed by atoms with Gasteiger partial charge in [0, 0.05) is 17.1 Å². The van der Waals surface area contributed by atoms with Crippen molar-refractivity contribution in [3.8, 4) is 11.5 Å². The van der Waals surface area contributed by atoms with Crippen LogP contribution in [0.2, 0.25) is 0 Å². The molecule has 7 heteroatoms. The molecule has 2 amide bonds. The first-order valence-electron chi connectivity index (χ1n) is 8.70. The zero-order valence-corrected chi connectivity index (χ0v) is 14.6. The molecule has 0 bridgehead atoms. The minimum Gasteiger partial charge on any atom is -0.486 e. The van der Waals surface area contributed by atoms with E-state index in [1.165, 1.54) is 0 Å². The number of rotatable bonds is 4. The first-order valence-corrected chi connectivity index (χ1v) is 8.70. The lowest BCUT2D eigenvalue weighted by atomic mass is 10.1. The van der Waals surface area contributed by atoms with E-state index in [0.29, 0.717) is 24.7 Å². The number of ether oxygens (including phenoxy) is 2. The van der Waals surface area contributed by atoms with Gasteiger partial charge in [-0.1, -0.05) is 24.3 Å². The summed E-state index contributed by atoms with van der Waals surface area (Å²) < 4.78 is 11.0. The van der Waals surface area contributed by atoms with Crippen LogP contribution in [0, 0.1) is 0 Å². The van der Waals surface area contributed by atoms with Crippen LogP contribution >= 0.6 is 0 Å². The van der Waals surface area contributed by atoms with Gasteiger partial charge in [0.2, 0.25) is 11.8 Å². The third kappa shape index (κ3) is 3.87. The second kappa shape index (κ2) is 7.41. The van der Waals surface area contributed by atoms with Gasteiger partial charge in [0.25, 0.3) is 0 Å². The minimum atomic E-state index is -0.307. The van der Waals surface area contributed by atoms with Gasteiger partial charge in [0.05, 0.1) is 12.8 Å². The maximum atomic E-state index is 12.1. The van der Waals surface area contributed by atoms with E-state index in [1.54, 1.807) is 24.4 Å². The summed E-state index contributed by atoms with van der Waals surface area (Å²) >= 11 is 0. The molecule has 3 aromatic rings. The number of nitrogens with one attached hydrogen (secondary N) is 3. The number of carbonyl (C=O) groups excluding carboxylic acids is 2. The minimum absolute atomic E-state index is 0.129. The molecule has 0 radical (unpaired) electrons. The lowest BCUT2D eigenvalue weighted by Crippen LogP contribution is -2.43. The van der Waals surface area contributed by atoms with E-state index in [2.05, 4.69) is 15.8 Å². The van der Waals surface area contributed by atoms with Gasteiger partial charge in [-0.2, -0.15) is 0 Å². The zero-order chi connectivity index (χ0) is 18.6. The van der Waals surface area contributed by atoms with Crippen LogP contribution in [0.5, 0.6) is 11.5 Å². The van der Waals surface area contributed by atoms with Gasteiger partial charge in [-0.15, -0.1) is 0 Å². The molecule has 0 atom stereocenters. The summed E-state index contributed by atoms with van der Waals surface area (Å²) in [6, 6.07) is 13.1. The molecular weight excluding hydrogens is 346 g/mol. The monoisotopic (exact) mass is 365 g/mol. The third-order valence-corrected chi connectivity index (χ3v) is 4.34. The van der Waals surface area contributed by atoms with Crippen molar-refractivity contribution in [3.63, 3.8) is 0 Å². The molecule has 0 saturated heterocycles. The Balaban J connectivity index is 1.30. The van der Waals surface area contributed by atoms with E-state index in [1.807, 2.05) is 24.3 Å². The summed E-state index contributed by atoms with van der Waals surface area (Å²) in [5.41, 5.74) is 7.54. The predicted octanol–water partition coefficient (Wildman–Crippen LogP) is 1.87. The summed E-state index contributed by atoms with van der Waals surface area (Å²) in [5, 5.41) is 0.996. The molecular formula is C20H19N3O4. The quantitative estimate of drug-likeness (QED) is 0.616. The molecule has 2 aromatic carbocycles. The van der Waals surface area contributed by atoms with Crippen molar-refractivity contribution in [2.75, 3.05) is 13.2 Å². The topological polar surface area (TPSA) is 92.4 Å². The Bertz CT molecular complexity index is 996. The lowest BCUT2D eigenvalue weighted by Gasteiger charge is -2.18. The largest absolute Gasteiger partial charge is 0.486 e. The number of para-hydroxylation sites is 1. The molecule has 2 heterocycles. The SMILES string of the molecule is O=C(Cc1ccc2c(c1)OCCO2)NNC(=O)Cc1c[nH]c2ccccc12. The Labute approximate surface area is 155 Å². The number of hydrogen-bond donors (Lipinski definition) is 3. The van der Waals surface area contributed by atoms with Crippen molar-refractivity contribution >= 4 is 22.7 Å². The molecule has 0 fully saturated rings. The Morgan fingerprint density at radius 1 is 0.926 bits per heavy atom. The highest BCUT2D eigenvalue weighted by Gasteiger charge is 2.14. The number of hydrazine groups is 1. The fourth-order valence-corrected chi connectivity index (χ4v) is 3.06. The number of carbonyl (C=O) groups is 2. The summed E-state index contributed by atoms with van der Waals surface area (Å²) in [6.45, 7) is 1.02. The van der Waals surface area contributed by atoms with Crippen molar-refractivity contribution in [3.05, 3.63) is 59.8 Å². The summed E-state index contributed by atoms with van der Waals surface area (Å²) in [7, 11) is 0. The van der Waals surface area contributed by atoms with Crippen LogP contribution in [-0.2, 0) is 22.4 Å². The fraction of sp³-hybridized carbons (Fsp3) is 0.200. The predicted molar refractivity (Wildman–Crippen MR) is 99.4 cm³/mol. The van der Waals surface area contributed by atoms with Crippen LogP contribution < -0.4 is 20.3 Å². The van der Waals surface area contributed by atoms with E-state index in [9.17, 15) is 9.59 Å². The smallest absolute Gasteiger partial charge is 0.242 e. The van der Waals surface area contributed by atoms with Gasteiger partial charge in [-0.05, 0) is 29.3 Å². The molecule has 27 heavy (non-hydrogen) atoms. The van der Waals surface area contributed by atoms with E-state index < -0.39 is 0 Å². The first-order chi connectivity index (χ1) is 13.2. The Kier molecular flexibility index (Phi) is 4.65. The average molecular weight is 365 g/mol. The van der Waals surface area contributed by atoms with Gasteiger partial charge in [0.15, 0.2) is 11.5 Å². The molecule has 3 N–H and O–H groups in total. The van der Waals surface area contributed by atoms with Gasteiger partial charge >= 0.3 is 0 Å². The van der Waals surface area contributed by atoms with Crippen molar-refractivity contribution in [1.29, 1.82) is 0 Å². The van der Waals surface area contributed by atoms with E-state index >= 15 is 0 Å². The fourth-order valence-electron chi connectivity index (χ4n) is 3.06. The summed E-state index contributed by atoms with van der Waals surface area (Å²) in [5.74, 6) is 0.724. The van der Waals surface area contributed by atoms with Crippen molar-refractivity contribution in [2.45, 2.75) is 12.8 Å². The third-order valence-electron chi connectivity index (χ3n) is 4.34. The van der Waals surface area contributed by atoms with Crippen LogP contribution in [0.25, 0.3) is 10.9 Å². The molecule has 138 valence electrons. The van der Waals surface area contributed by atoms with E-state index in [4.69, 9.17) is 9.47 Å². The second-order valence-corrected chi connectivity index (χ2v) is 6.29.